The van der Waals surface area contributed by atoms with E-state index in [4.69, 9.17) is 9.47 Å². The molecule has 2 heterocycles. The summed E-state index contributed by atoms with van der Waals surface area (Å²) in [6.45, 7) is 0. The molecule has 1 aromatic rings. The first kappa shape index (κ1) is 11.3. The zero-order valence-electron chi connectivity index (χ0n) is 9.27. The highest BCUT2D eigenvalue weighted by atomic mass is 32.2. The van der Waals surface area contributed by atoms with Crippen molar-refractivity contribution in [3.63, 3.8) is 0 Å². The summed E-state index contributed by atoms with van der Waals surface area (Å²) >= 11 is 1.93. The lowest BCUT2D eigenvalue weighted by atomic mass is 10.3. The molecule has 1 N–H and O–H groups in total. The van der Waals surface area contributed by atoms with Gasteiger partial charge in [-0.25, -0.2) is 0 Å². The van der Waals surface area contributed by atoms with Gasteiger partial charge in [-0.3, -0.25) is 0 Å². The molecule has 1 atom stereocenters. The Morgan fingerprint density at radius 1 is 1.19 bits per heavy atom. The Bertz CT molecular complexity index is 335. The van der Waals surface area contributed by atoms with Crippen molar-refractivity contribution in [2.45, 2.75) is 12.5 Å². The number of hydrogen-bond acceptors (Lipinski definition) is 7. The van der Waals surface area contributed by atoms with Crippen molar-refractivity contribution < 1.29 is 9.47 Å². The van der Waals surface area contributed by atoms with Gasteiger partial charge in [0.15, 0.2) is 0 Å². The topological polar surface area (TPSA) is 69.2 Å². The number of nitrogens with zero attached hydrogens (tertiary/aromatic N) is 3. The molecular weight excluding hydrogens is 228 g/mol. The first-order valence-electron chi connectivity index (χ1n) is 5.00. The summed E-state index contributed by atoms with van der Waals surface area (Å²) in [7, 11) is 3.04. The average Bonchev–Trinajstić information content (AvgIpc) is 2.81. The molecule has 7 heteroatoms. The Morgan fingerprint density at radius 3 is 2.38 bits per heavy atom. The molecule has 0 radical (unpaired) electrons. The van der Waals surface area contributed by atoms with E-state index in [0.29, 0.717) is 12.0 Å². The fourth-order valence-corrected chi connectivity index (χ4v) is 2.57. The van der Waals surface area contributed by atoms with Gasteiger partial charge >= 0.3 is 12.0 Å². The molecule has 0 amide bonds. The smallest absolute Gasteiger partial charge is 0.324 e. The van der Waals surface area contributed by atoms with Crippen LogP contribution in [0.2, 0.25) is 0 Å². The number of rotatable bonds is 4. The minimum Gasteiger partial charge on any atom is -0.467 e. The largest absolute Gasteiger partial charge is 0.467 e. The second kappa shape index (κ2) is 5.20. The first-order chi connectivity index (χ1) is 7.81. The molecule has 1 saturated heterocycles. The van der Waals surface area contributed by atoms with Gasteiger partial charge in [-0.1, -0.05) is 0 Å². The summed E-state index contributed by atoms with van der Waals surface area (Å²) in [4.78, 5) is 12.2. The molecule has 1 unspecified atom stereocenters. The van der Waals surface area contributed by atoms with Crippen LogP contribution < -0.4 is 14.8 Å². The molecule has 0 aromatic carbocycles. The van der Waals surface area contributed by atoms with E-state index in [-0.39, 0.29) is 12.0 Å². The van der Waals surface area contributed by atoms with E-state index in [9.17, 15) is 0 Å². The SMILES string of the molecule is COc1nc(NC2CCSC2)nc(OC)n1. The maximum Gasteiger partial charge on any atom is 0.324 e. The van der Waals surface area contributed by atoms with Crippen molar-refractivity contribution in [2.75, 3.05) is 31.0 Å². The van der Waals surface area contributed by atoms with Crippen LogP contribution in [-0.2, 0) is 0 Å². The fourth-order valence-electron chi connectivity index (χ4n) is 1.42. The van der Waals surface area contributed by atoms with Crippen molar-refractivity contribution in [2.24, 2.45) is 0 Å². The van der Waals surface area contributed by atoms with Gasteiger partial charge in [0.2, 0.25) is 5.95 Å². The maximum atomic E-state index is 4.97. The van der Waals surface area contributed by atoms with Gasteiger partial charge < -0.3 is 14.8 Å². The molecule has 0 saturated carbocycles. The second-order valence-corrected chi connectivity index (χ2v) is 4.49. The number of aromatic nitrogens is 3. The Balaban J connectivity index is 2.12. The molecule has 88 valence electrons. The van der Waals surface area contributed by atoms with Crippen LogP contribution in [0.15, 0.2) is 0 Å². The lowest BCUT2D eigenvalue weighted by Gasteiger charge is -2.11. The summed E-state index contributed by atoms with van der Waals surface area (Å²) < 4.78 is 9.95. The Hall–Kier alpha value is -1.24. The molecule has 1 aliphatic heterocycles. The lowest BCUT2D eigenvalue weighted by Crippen LogP contribution is -2.20. The van der Waals surface area contributed by atoms with Gasteiger partial charge in [-0.2, -0.15) is 21.7 Å². The molecule has 6 nitrogen and oxygen atoms in total. The lowest BCUT2D eigenvalue weighted by molar-refractivity contribution is 0.341. The fraction of sp³-hybridized carbons (Fsp3) is 0.667. The van der Waals surface area contributed by atoms with E-state index >= 15 is 0 Å². The van der Waals surface area contributed by atoms with Crippen molar-refractivity contribution in [1.82, 2.24) is 15.0 Å². The standard InChI is InChI=1S/C9H14N4O2S/c1-14-8-11-7(12-9(13-8)15-2)10-6-3-4-16-5-6/h6H,3-5H2,1-2H3,(H,10,11,12,13). The Morgan fingerprint density at radius 2 is 1.88 bits per heavy atom. The van der Waals surface area contributed by atoms with E-state index in [1.54, 1.807) is 0 Å². The highest BCUT2D eigenvalue weighted by Crippen LogP contribution is 2.21. The number of nitrogens with one attached hydrogen (secondary N) is 1. The minimum atomic E-state index is 0.264. The number of methoxy groups -OCH3 is 2. The van der Waals surface area contributed by atoms with Crippen molar-refractivity contribution in [1.29, 1.82) is 0 Å². The molecule has 16 heavy (non-hydrogen) atoms. The van der Waals surface area contributed by atoms with Crippen LogP contribution in [0.4, 0.5) is 5.95 Å². The van der Waals surface area contributed by atoms with Crippen LogP contribution in [0.1, 0.15) is 6.42 Å². The van der Waals surface area contributed by atoms with Gasteiger partial charge in [0.1, 0.15) is 0 Å². The molecule has 1 aromatic heterocycles. The van der Waals surface area contributed by atoms with E-state index in [0.717, 1.165) is 12.2 Å². The van der Waals surface area contributed by atoms with Crippen molar-refractivity contribution in [3.8, 4) is 12.0 Å². The quantitative estimate of drug-likeness (QED) is 0.837. The van der Waals surface area contributed by atoms with Gasteiger partial charge in [0, 0.05) is 11.8 Å². The zero-order valence-corrected chi connectivity index (χ0v) is 10.1. The second-order valence-electron chi connectivity index (χ2n) is 3.34. The van der Waals surface area contributed by atoms with Crippen LogP contribution >= 0.6 is 11.8 Å². The maximum absolute atomic E-state index is 4.97. The van der Waals surface area contributed by atoms with Crippen molar-refractivity contribution in [3.05, 3.63) is 0 Å². The van der Waals surface area contributed by atoms with E-state index in [1.807, 2.05) is 11.8 Å². The number of thioether (sulfide) groups is 1. The van der Waals surface area contributed by atoms with Crippen molar-refractivity contribution >= 4 is 17.7 Å². The van der Waals surface area contributed by atoms with Gasteiger partial charge in [0.05, 0.1) is 14.2 Å². The monoisotopic (exact) mass is 242 g/mol. The third-order valence-corrected chi connectivity index (χ3v) is 3.38. The minimum absolute atomic E-state index is 0.264. The third-order valence-electron chi connectivity index (χ3n) is 2.22. The molecule has 1 aliphatic rings. The van der Waals surface area contributed by atoms with Gasteiger partial charge in [-0.15, -0.1) is 4.98 Å². The zero-order chi connectivity index (χ0) is 11.4. The summed E-state index contributed by atoms with van der Waals surface area (Å²) in [5.41, 5.74) is 0. The highest BCUT2D eigenvalue weighted by Gasteiger charge is 2.17. The Kier molecular flexibility index (Phi) is 3.66. The summed E-state index contributed by atoms with van der Waals surface area (Å²) in [5, 5.41) is 3.25. The molecular formula is C9H14N4O2S. The molecule has 2 rings (SSSR count). The average molecular weight is 242 g/mol. The van der Waals surface area contributed by atoms with Crippen LogP contribution in [-0.4, -0.2) is 46.7 Å². The number of ether oxygens (including phenoxy) is 2. The predicted octanol–water partition coefficient (Wildman–Crippen LogP) is 0.806. The van der Waals surface area contributed by atoms with Gasteiger partial charge in [-0.05, 0) is 12.2 Å². The van der Waals surface area contributed by atoms with E-state index in [1.165, 1.54) is 20.0 Å². The van der Waals surface area contributed by atoms with E-state index in [2.05, 4.69) is 20.3 Å². The predicted molar refractivity (Wildman–Crippen MR) is 62.3 cm³/mol. The Labute approximate surface area is 98.2 Å². The van der Waals surface area contributed by atoms with Crippen LogP contribution in [0.3, 0.4) is 0 Å². The molecule has 0 aliphatic carbocycles. The van der Waals surface area contributed by atoms with Crippen LogP contribution in [0, 0.1) is 0 Å². The van der Waals surface area contributed by atoms with Gasteiger partial charge in [0.25, 0.3) is 0 Å². The number of anilines is 1. The highest BCUT2D eigenvalue weighted by molar-refractivity contribution is 7.99. The van der Waals surface area contributed by atoms with Crippen LogP contribution in [0.25, 0.3) is 0 Å². The van der Waals surface area contributed by atoms with E-state index < -0.39 is 0 Å². The summed E-state index contributed by atoms with van der Waals surface area (Å²) in [5.74, 6) is 2.77. The summed E-state index contributed by atoms with van der Waals surface area (Å²) in [6, 6.07) is 0.946. The molecule has 1 fully saturated rings. The molecule has 0 bridgehead atoms. The summed E-state index contributed by atoms with van der Waals surface area (Å²) in [6.07, 6.45) is 1.13. The first-order valence-corrected chi connectivity index (χ1v) is 6.15. The molecule has 0 spiro atoms. The van der Waals surface area contributed by atoms with Crippen LogP contribution in [0.5, 0.6) is 12.0 Å². The normalized spacial score (nSPS) is 19.5. The number of hydrogen-bond donors (Lipinski definition) is 1. The third kappa shape index (κ3) is 2.66.